The number of rotatable bonds is 7. The lowest BCUT2D eigenvalue weighted by atomic mass is 9.90. The molecule has 5 aromatic rings. The van der Waals surface area contributed by atoms with E-state index in [1.807, 2.05) is 0 Å². The van der Waals surface area contributed by atoms with Gasteiger partial charge in [-0.05, 0) is 76.8 Å². The molecule has 2 heterocycles. The van der Waals surface area contributed by atoms with Crippen molar-refractivity contribution in [3.63, 3.8) is 0 Å². The molecule has 4 aromatic carbocycles. The van der Waals surface area contributed by atoms with Gasteiger partial charge in [-0.3, -0.25) is 4.98 Å². The number of nitrogens with zero attached hydrogens (tertiary/aromatic N) is 1. The molecule has 3 nitrogen and oxygen atoms in total. The van der Waals surface area contributed by atoms with Gasteiger partial charge in [0.1, 0.15) is 0 Å². The van der Waals surface area contributed by atoms with Crippen LogP contribution in [0.5, 0.6) is 0 Å². The molecule has 0 fully saturated rings. The Labute approximate surface area is 245 Å². The monoisotopic (exact) mass is 539 g/mol. The summed E-state index contributed by atoms with van der Waals surface area (Å²) in [5, 5.41) is 10.3. The minimum Gasteiger partial charge on any atom is -0.382 e. The summed E-state index contributed by atoms with van der Waals surface area (Å²) in [6.45, 7) is 11.4. The van der Waals surface area contributed by atoms with Crippen molar-refractivity contribution in [3.8, 4) is 11.3 Å². The number of nitrogens with one attached hydrogen (secondary N) is 2. The van der Waals surface area contributed by atoms with Gasteiger partial charge in [-0.2, -0.15) is 0 Å². The quantitative estimate of drug-likeness (QED) is 0.216. The summed E-state index contributed by atoms with van der Waals surface area (Å²) in [6.07, 6.45) is 2.26. The highest BCUT2D eigenvalue weighted by Gasteiger charge is 2.24. The average molecular weight is 540 g/mol. The van der Waals surface area contributed by atoms with E-state index in [-0.39, 0.29) is 6.04 Å². The highest BCUT2D eigenvalue weighted by Crippen LogP contribution is 2.40. The van der Waals surface area contributed by atoms with E-state index in [2.05, 4.69) is 142 Å². The number of hydrogen-bond donors (Lipinski definition) is 2. The first-order chi connectivity index (χ1) is 19.9. The summed E-state index contributed by atoms with van der Waals surface area (Å²) in [5.74, 6) is 0.792. The Morgan fingerprint density at radius 2 is 1.39 bits per heavy atom. The van der Waals surface area contributed by atoms with Crippen LogP contribution in [0.25, 0.3) is 22.0 Å². The first-order valence-corrected chi connectivity index (χ1v) is 15.1. The van der Waals surface area contributed by atoms with E-state index in [1.165, 1.54) is 50.0 Å². The summed E-state index contributed by atoms with van der Waals surface area (Å²) in [6, 6.07) is 35.5. The zero-order valence-corrected chi connectivity index (χ0v) is 24.9. The summed E-state index contributed by atoms with van der Waals surface area (Å²) >= 11 is 0. The third-order valence-electron chi connectivity index (χ3n) is 8.53. The van der Waals surface area contributed by atoms with E-state index in [1.54, 1.807) is 0 Å². The van der Waals surface area contributed by atoms with E-state index in [0.29, 0.717) is 17.9 Å². The van der Waals surface area contributed by atoms with Gasteiger partial charge in [0.2, 0.25) is 0 Å². The molecule has 0 radical (unpaired) electrons. The first-order valence-electron chi connectivity index (χ1n) is 15.1. The van der Waals surface area contributed by atoms with E-state index in [9.17, 15) is 0 Å². The van der Waals surface area contributed by atoms with Gasteiger partial charge in [-0.15, -0.1) is 0 Å². The predicted octanol–water partition coefficient (Wildman–Crippen LogP) is 10.1. The number of benzene rings is 4. The number of pyridine rings is 1. The number of anilines is 2. The zero-order chi connectivity index (χ0) is 28.5. The fourth-order valence-electron chi connectivity index (χ4n) is 6.32. The van der Waals surface area contributed by atoms with Gasteiger partial charge in [0.05, 0.1) is 17.4 Å². The smallest absolute Gasteiger partial charge is 0.0946 e. The predicted molar refractivity (Wildman–Crippen MR) is 175 cm³/mol. The molecule has 1 aliphatic heterocycles. The lowest BCUT2D eigenvalue weighted by molar-refractivity contribution is 0.681. The lowest BCUT2D eigenvalue weighted by Gasteiger charge is -2.28. The molecule has 2 N–H and O–H groups in total. The fraction of sp³-hybridized carbons (Fsp3) is 0.289. The number of aryl methyl sites for hydroxylation is 1. The molecule has 0 aliphatic carbocycles. The maximum Gasteiger partial charge on any atom is 0.0946 e. The second kappa shape index (κ2) is 11.4. The Hall–Kier alpha value is -4.11. The van der Waals surface area contributed by atoms with Crippen LogP contribution >= 0.6 is 0 Å². The summed E-state index contributed by atoms with van der Waals surface area (Å²) in [7, 11) is 0. The van der Waals surface area contributed by atoms with Gasteiger partial charge in [-0.25, -0.2) is 0 Å². The van der Waals surface area contributed by atoms with Crippen LogP contribution < -0.4 is 10.6 Å². The Morgan fingerprint density at radius 3 is 2.17 bits per heavy atom. The zero-order valence-electron chi connectivity index (χ0n) is 24.9. The summed E-state index contributed by atoms with van der Waals surface area (Å²) in [4.78, 5) is 5.40. The second-order valence-corrected chi connectivity index (χ2v) is 12.1. The number of fused-ring (bicyclic) bond motifs is 2. The molecule has 1 aromatic heterocycles. The van der Waals surface area contributed by atoms with Crippen molar-refractivity contribution in [1.82, 2.24) is 4.98 Å². The highest BCUT2D eigenvalue weighted by atomic mass is 15.0. The summed E-state index contributed by atoms with van der Waals surface area (Å²) < 4.78 is 0. The Balaban J connectivity index is 1.54. The molecule has 0 saturated carbocycles. The Bertz CT molecular complexity index is 1650. The Kier molecular flexibility index (Phi) is 7.53. The number of aromatic nitrogens is 1. The van der Waals surface area contributed by atoms with Gasteiger partial charge >= 0.3 is 0 Å². The van der Waals surface area contributed by atoms with E-state index in [0.717, 1.165) is 24.2 Å². The van der Waals surface area contributed by atoms with Crippen molar-refractivity contribution in [1.29, 1.82) is 0 Å². The lowest BCUT2D eigenvalue weighted by Crippen LogP contribution is -2.22. The molecule has 0 amide bonds. The van der Waals surface area contributed by atoms with Crippen LogP contribution in [0, 0.1) is 0 Å². The van der Waals surface area contributed by atoms with Crippen LogP contribution in [0.4, 0.5) is 11.4 Å². The van der Waals surface area contributed by atoms with Crippen molar-refractivity contribution >= 4 is 22.1 Å². The van der Waals surface area contributed by atoms with Crippen LogP contribution in [0.15, 0.2) is 97.1 Å². The van der Waals surface area contributed by atoms with Crippen LogP contribution in [0.1, 0.15) is 86.9 Å². The molecule has 1 unspecified atom stereocenters. The van der Waals surface area contributed by atoms with Crippen LogP contribution in [-0.2, 0) is 6.42 Å². The molecule has 1 aliphatic rings. The molecule has 0 saturated heterocycles. The molecule has 6 rings (SSSR count). The van der Waals surface area contributed by atoms with Gasteiger partial charge in [0.25, 0.3) is 0 Å². The minimum atomic E-state index is -0.120. The molecule has 3 heteroatoms. The summed E-state index contributed by atoms with van der Waals surface area (Å²) in [5.41, 5.74) is 11.0. The molecule has 41 heavy (non-hydrogen) atoms. The average Bonchev–Trinajstić information content (AvgIpc) is 2.99. The van der Waals surface area contributed by atoms with Gasteiger partial charge in [0.15, 0.2) is 0 Å². The van der Waals surface area contributed by atoms with Crippen LogP contribution in [0.2, 0.25) is 0 Å². The Morgan fingerprint density at radius 1 is 0.732 bits per heavy atom. The SMILES string of the molecule is CC1CCc2cccc(-c3cccc([C@@H](Nc4c(C(C)C)cccc4C(C)C)c4cccc5ccccc45)n3)c2N1. The van der Waals surface area contributed by atoms with Crippen molar-refractivity contribution in [3.05, 3.63) is 125 Å². The maximum absolute atomic E-state index is 5.40. The fourth-order valence-corrected chi connectivity index (χ4v) is 6.32. The van der Waals surface area contributed by atoms with Crippen molar-refractivity contribution < 1.29 is 0 Å². The normalized spacial score (nSPS) is 15.5. The van der Waals surface area contributed by atoms with Crippen LogP contribution in [-0.4, -0.2) is 11.0 Å². The van der Waals surface area contributed by atoms with Gasteiger partial charge in [-0.1, -0.05) is 113 Å². The topological polar surface area (TPSA) is 37.0 Å². The van der Waals surface area contributed by atoms with Crippen molar-refractivity contribution in [2.24, 2.45) is 0 Å². The van der Waals surface area contributed by atoms with Crippen molar-refractivity contribution in [2.45, 2.75) is 71.4 Å². The standard InChI is InChI=1S/C38H41N3/c1-24(2)29-16-10-17-30(25(3)4)37(29)41-38(32-18-8-13-27-12-6-7-15-31(27)32)35-21-11-20-34(40-35)33-19-9-14-28-23-22-26(5)39-36(28)33/h6-21,24-26,38-39,41H,22-23H2,1-5H3/t26?,38-/m0/s1. The van der Waals surface area contributed by atoms with Crippen molar-refractivity contribution in [2.75, 3.05) is 10.6 Å². The molecule has 208 valence electrons. The van der Waals surface area contributed by atoms with E-state index < -0.39 is 0 Å². The molecule has 0 spiro atoms. The number of hydrogen-bond acceptors (Lipinski definition) is 3. The highest BCUT2D eigenvalue weighted by molar-refractivity contribution is 5.87. The minimum absolute atomic E-state index is 0.120. The first kappa shape index (κ1) is 27.1. The molecular weight excluding hydrogens is 498 g/mol. The molecule has 2 atom stereocenters. The molecule has 0 bridgehead atoms. The largest absolute Gasteiger partial charge is 0.382 e. The third kappa shape index (κ3) is 5.34. The maximum atomic E-state index is 5.40. The van der Waals surface area contributed by atoms with E-state index in [4.69, 9.17) is 4.98 Å². The van der Waals surface area contributed by atoms with Gasteiger partial charge < -0.3 is 10.6 Å². The molecular formula is C38H41N3. The van der Waals surface area contributed by atoms with Crippen LogP contribution in [0.3, 0.4) is 0 Å². The number of para-hydroxylation sites is 2. The second-order valence-electron chi connectivity index (χ2n) is 12.1. The van der Waals surface area contributed by atoms with E-state index >= 15 is 0 Å². The third-order valence-corrected chi connectivity index (χ3v) is 8.53. The van der Waals surface area contributed by atoms with Gasteiger partial charge in [0, 0.05) is 23.0 Å².